The average Bonchev–Trinajstić information content (AvgIpc) is 3.06. The Balaban J connectivity index is 1.45. The summed E-state index contributed by atoms with van der Waals surface area (Å²) in [6, 6.07) is 6.33. The number of aliphatic hydroxyl groups is 1. The summed E-state index contributed by atoms with van der Waals surface area (Å²) >= 11 is 0. The highest BCUT2D eigenvalue weighted by Crippen LogP contribution is 2.40. The smallest absolute Gasteiger partial charge is 0.220 e. The quantitative estimate of drug-likeness (QED) is 0.860. The predicted molar refractivity (Wildman–Crippen MR) is 96.4 cm³/mol. The molecule has 2 aliphatic carbocycles. The van der Waals surface area contributed by atoms with E-state index in [-0.39, 0.29) is 18.1 Å². The second-order valence-electron chi connectivity index (χ2n) is 8.10. The first kappa shape index (κ1) is 16.9. The number of aliphatic hydroxyl groups excluding tert-OH is 1. The van der Waals surface area contributed by atoms with Crippen LogP contribution in [0.2, 0.25) is 0 Å². The lowest BCUT2D eigenvalue weighted by atomic mass is 9.74. The number of carbonyl (C=O) groups excluding carboxylic acids is 1. The maximum Gasteiger partial charge on any atom is 0.220 e. The van der Waals surface area contributed by atoms with Gasteiger partial charge in [0, 0.05) is 12.8 Å². The van der Waals surface area contributed by atoms with E-state index >= 15 is 0 Å². The molecule has 0 spiro atoms. The second-order valence-corrected chi connectivity index (χ2v) is 8.10. The van der Waals surface area contributed by atoms with Gasteiger partial charge in [0.05, 0.1) is 18.8 Å². The molecule has 1 aliphatic heterocycles. The minimum Gasteiger partial charge on any atom is -0.493 e. The van der Waals surface area contributed by atoms with Crippen LogP contribution >= 0.6 is 0 Å². The number of hydrogen-bond donors (Lipinski definition) is 2. The number of nitrogens with one attached hydrogen (secondary N) is 1. The molecule has 2 saturated carbocycles. The first-order valence-corrected chi connectivity index (χ1v) is 9.92. The normalized spacial score (nSPS) is 27.1. The molecule has 1 amide bonds. The highest BCUT2D eigenvalue weighted by Gasteiger charge is 2.36. The molecule has 2 fully saturated rings. The van der Waals surface area contributed by atoms with E-state index in [2.05, 4.69) is 17.4 Å². The third-order valence-corrected chi connectivity index (χ3v) is 6.21. The number of amides is 1. The van der Waals surface area contributed by atoms with Crippen molar-refractivity contribution in [3.8, 4) is 5.75 Å². The van der Waals surface area contributed by atoms with Crippen molar-refractivity contribution in [2.75, 3.05) is 6.61 Å². The number of carbonyl (C=O) groups is 1. The lowest BCUT2D eigenvalue weighted by Crippen LogP contribution is -2.41. The number of ether oxygens (including phenoxy) is 1. The molecule has 0 saturated heterocycles. The maximum absolute atomic E-state index is 12.7. The van der Waals surface area contributed by atoms with Gasteiger partial charge in [-0.1, -0.05) is 25.3 Å². The van der Waals surface area contributed by atoms with Gasteiger partial charge in [-0.05, 0) is 60.8 Å². The third kappa shape index (κ3) is 3.84. The van der Waals surface area contributed by atoms with Gasteiger partial charge >= 0.3 is 0 Å². The molecule has 4 nitrogen and oxygen atoms in total. The van der Waals surface area contributed by atoms with Crippen LogP contribution in [0, 0.1) is 11.8 Å². The molecule has 3 aliphatic rings. The summed E-state index contributed by atoms with van der Waals surface area (Å²) in [4.78, 5) is 12.7. The van der Waals surface area contributed by atoms with Crippen molar-refractivity contribution in [2.24, 2.45) is 11.8 Å². The Labute approximate surface area is 150 Å². The Morgan fingerprint density at radius 2 is 2.04 bits per heavy atom. The first-order valence-electron chi connectivity index (χ1n) is 9.92. The standard InChI is InChI=1S/C21H29NO3/c23-18-12-17(13-18)21(16-6-7-19-15(11-16)8-9-25-19)22-20(24)10-14-4-2-1-3-5-14/h6-7,11,14,17-18,21,23H,1-5,8-10,12-13H2,(H,22,24). The highest BCUT2D eigenvalue weighted by molar-refractivity contribution is 5.76. The number of hydrogen-bond acceptors (Lipinski definition) is 3. The molecule has 4 heteroatoms. The zero-order valence-corrected chi connectivity index (χ0v) is 14.9. The fourth-order valence-electron chi connectivity index (χ4n) is 4.66. The Morgan fingerprint density at radius 3 is 2.80 bits per heavy atom. The van der Waals surface area contributed by atoms with Crippen LogP contribution in [-0.4, -0.2) is 23.7 Å². The Kier molecular flexibility index (Phi) is 4.98. The van der Waals surface area contributed by atoms with Crippen LogP contribution in [0.4, 0.5) is 0 Å². The van der Waals surface area contributed by atoms with E-state index in [4.69, 9.17) is 4.74 Å². The minimum absolute atomic E-state index is 0.0189. The van der Waals surface area contributed by atoms with Crippen LogP contribution in [-0.2, 0) is 11.2 Å². The van der Waals surface area contributed by atoms with Crippen LogP contribution in [0.3, 0.4) is 0 Å². The molecule has 25 heavy (non-hydrogen) atoms. The van der Waals surface area contributed by atoms with Gasteiger partial charge in [-0.25, -0.2) is 0 Å². The minimum atomic E-state index is -0.208. The summed E-state index contributed by atoms with van der Waals surface area (Å²) in [5.41, 5.74) is 2.40. The molecule has 0 radical (unpaired) electrons. The molecule has 1 atom stereocenters. The van der Waals surface area contributed by atoms with Gasteiger partial charge in [0.25, 0.3) is 0 Å². The predicted octanol–water partition coefficient (Wildman–Crippen LogP) is 3.52. The van der Waals surface area contributed by atoms with Crippen molar-refractivity contribution >= 4 is 5.91 Å². The Bertz CT molecular complexity index is 618. The number of fused-ring (bicyclic) bond motifs is 1. The summed E-state index contributed by atoms with van der Waals surface area (Å²) in [7, 11) is 0. The fourth-order valence-corrected chi connectivity index (χ4v) is 4.66. The summed E-state index contributed by atoms with van der Waals surface area (Å²) in [6.07, 6.45) is 9.18. The third-order valence-electron chi connectivity index (χ3n) is 6.21. The summed E-state index contributed by atoms with van der Waals surface area (Å²) in [5.74, 6) is 2.04. The van der Waals surface area contributed by atoms with E-state index in [1.807, 2.05) is 6.07 Å². The largest absolute Gasteiger partial charge is 0.493 e. The average molecular weight is 343 g/mol. The monoisotopic (exact) mass is 343 g/mol. The van der Waals surface area contributed by atoms with Crippen LogP contribution in [0.25, 0.3) is 0 Å². The topological polar surface area (TPSA) is 58.6 Å². The molecule has 1 aromatic carbocycles. The van der Waals surface area contributed by atoms with Crippen LogP contribution in [0.5, 0.6) is 5.75 Å². The number of rotatable bonds is 5. The van der Waals surface area contributed by atoms with Crippen molar-refractivity contribution in [3.63, 3.8) is 0 Å². The van der Waals surface area contributed by atoms with E-state index in [9.17, 15) is 9.90 Å². The van der Waals surface area contributed by atoms with E-state index in [0.717, 1.165) is 37.2 Å². The van der Waals surface area contributed by atoms with Crippen LogP contribution in [0.1, 0.15) is 68.5 Å². The van der Waals surface area contributed by atoms with Crippen LogP contribution in [0.15, 0.2) is 18.2 Å². The second kappa shape index (κ2) is 7.36. The molecule has 1 unspecified atom stereocenters. The summed E-state index contributed by atoms with van der Waals surface area (Å²) < 4.78 is 5.61. The van der Waals surface area contributed by atoms with E-state index in [1.165, 1.54) is 37.7 Å². The van der Waals surface area contributed by atoms with Crippen LogP contribution < -0.4 is 10.1 Å². The first-order chi connectivity index (χ1) is 12.2. The van der Waals surface area contributed by atoms with Gasteiger partial charge in [-0.15, -0.1) is 0 Å². The van der Waals surface area contributed by atoms with Gasteiger partial charge in [-0.2, -0.15) is 0 Å². The van der Waals surface area contributed by atoms with Gasteiger partial charge < -0.3 is 15.2 Å². The highest BCUT2D eigenvalue weighted by atomic mass is 16.5. The Morgan fingerprint density at radius 1 is 1.24 bits per heavy atom. The number of benzene rings is 1. The van der Waals surface area contributed by atoms with E-state index in [1.54, 1.807) is 0 Å². The van der Waals surface area contributed by atoms with E-state index < -0.39 is 0 Å². The van der Waals surface area contributed by atoms with Crippen molar-refractivity contribution in [1.82, 2.24) is 5.32 Å². The molecule has 4 rings (SSSR count). The molecule has 136 valence electrons. The zero-order chi connectivity index (χ0) is 17.2. The molecular formula is C21H29NO3. The molecule has 2 N–H and O–H groups in total. The van der Waals surface area contributed by atoms with Gasteiger partial charge in [-0.3, -0.25) is 4.79 Å². The fraction of sp³-hybridized carbons (Fsp3) is 0.667. The lowest BCUT2D eigenvalue weighted by molar-refractivity contribution is -0.124. The van der Waals surface area contributed by atoms with Gasteiger partial charge in [0.15, 0.2) is 0 Å². The Hall–Kier alpha value is -1.55. The SMILES string of the molecule is O=C(CC1CCCCC1)NC(c1ccc2c(c1)CCO2)C1CC(O)C1. The van der Waals surface area contributed by atoms with Crippen molar-refractivity contribution in [1.29, 1.82) is 0 Å². The molecule has 0 aromatic heterocycles. The van der Waals surface area contributed by atoms with Gasteiger partial charge in [0.2, 0.25) is 5.91 Å². The lowest BCUT2D eigenvalue weighted by Gasteiger charge is -2.38. The molecule has 1 aromatic rings. The molecule has 1 heterocycles. The van der Waals surface area contributed by atoms with Crippen molar-refractivity contribution in [3.05, 3.63) is 29.3 Å². The zero-order valence-electron chi connectivity index (χ0n) is 14.9. The maximum atomic E-state index is 12.7. The van der Waals surface area contributed by atoms with Gasteiger partial charge in [0.1, 0.15) is 5.75 Å². The summed E-state index contributed by atoms with van der Waals surface area (Å²) in [5, 5.41) is 13.0. The molecular weight excluding hydrogens is 314 g/mol. The van der Waals surface area contributed by atoms with Crippen molar-refractivity contribution < 1.29 is 14.6 Å². The molecule has 0 bridgehead atoms. The summed E-state index contributed by atoms with van der Waals surface area (Å²) in [6.45, 7) is 0.750. The van der Waals surface area contributed by atoms with E-state index in [0.29, 0.717) is 18.3 Å². The van der Waals surface area contributed by atoms with Crippen molar-refractivity contribution in [2.45, 2.75) is 69.9 Å².